The van der Waals surface area contributed by atoms with Crippen molar-refractivity contribution in [1.29, 1.82) is 0 Å². The normalized spacial score (nSPS) is 21.3. The summed E-state index contributed by atoms with van der Waals surface area (Å²) in [4.78, 5) is 14.6. The molecule has 0 unspecified atom stereocenters. The Balaban J connectivity index is 1.30. The summed E-state index contributed by atoms with van der Waals surface area (Å²) in [6.07, 6.45) is 1.95. The molecular formula is C32H31N3O8S. The topological polar surface area (TPSA) is 112 Å². The van der Waals surface area contributed by atoms with Gasteiger partial charge < -0.3 is 33.2 Å². The van der Waals surface area contributed by atoms with Crippen LogP contribution in [0.25, 0.3) is 0 Å². The van der Waals surface area contributed by atoms with Gasteiger partial charge in [0.2, 0.25) is 12.5 Å². The van der Waals surface area contributed by atoms with Crippen molar-refractivity contribution >= 4 is 17.7 Å². The Labute approximate surface area is 258 Å². The number of hydrogen-bond donors (Lipinski definition) is 0. The Hall–Kier alpha value is -4.58. The van der Waals surface area contributed by atoms with Gasteiger partial charge in [-0.15, -0.1) is 16.9 Å². The van der Waals surface area contributed by atoms with Gasteiger partial charge in [-0.1, -0.05) is 5.21 Å². The Morgan fingerprint density at radius 3 is 2.25 bits per heavy atom. The van der Waals surface area contributed by atoms with Crippen LogP contribution in [-0.4, -0.2) is 62.8 Å². The third-order valence-electron chi connectivity index (χ3n) is 8.48. The summed E-state index contributed by atoms with van der Waals surface area (Å²) in [6.45, 7) is 0.376. The molecule has 4 atom stereocenters. The summed E-state index contributed by atoms with van der Waals surface area (Å²) >= 11 is 1.66. The van der Waals surface area contributed by atoms with E-state index in [0.717, 1.165) is 33.0 Å². The van der Waals surface area contributed by atoms with Crippen LogP contribution in [0.1, 0.15) is 34.3 Å². The van der Waals surface area contributed by atoms with Crippen molar-refractivity contribution in [2.45, 2.75) is 22.6 Å². The molecule has 1 saturated heterocycles. The van der Waals surface area contributed by atoms with E-state index >= 15 is 0 Å². The van der Waals surface area contributed by atoms with Crippen LogP contribution in [0, 0.1) is 11.8 Å². The first-order chi connectivity index (χ1) is 21.5. The highest BCUT2D eigenvalue weighted by Crippen LogP contribution is 2.56. The van der Waals surface area contributed by atoms with E-state index in [0.29, 0.717) is 34.5 Å². The van der Waals surface area contributed by atoms with Gasteiger partial charge in [0.05, 0.1) is 58.9 Å². The molecule has 228 valence electrons. The molecule has 0 spiro atoms. The summed E-state index contributed by atoms with van der Waals surface area (Å²) in [7, 11) is 6.36. The van der Waals surface area contributed by atoms with Gasteiger partial charge in [0.15, 0.2) is 23.0 Å². The average Bonchev–Trinajstić information content (AvgIpc) is 3.81. The second-order valence-electron chi connectivity index (χ2n) is 10.7. The van der Waals surface area contributed by atoms with Crippen molar-refractivity contribution in [3.05, 3.63) is 77.1 Å². The molecule has 0 amide bonds. The minimum Gasteiger partial charge on any atom is -0.497 e. The highest BCUT2D eigenvalue weighted by atomic mass is 32.2. The Bertz CT molecular complexity index is 1680. The number of hydrogen-bond acceptors (Lipinski definition) is 11. The number of benzene rings is 3. The zero-order chi connectivity index (χ0) is 30.4. The smallest absolute Gasteiger partial charge is 0.310 e. The highest BCUT2D eigenvalue weighted by molar-refractivity contribution is 7.98. The fraction of sp³-hybridized carbons (Fsp3) is 0.344. The number of esters is 1. The van der Waals surface area contributed by atoms with Crippen LogP contribution in [-0.2, 0) is 15.3 Å². The fourth-order valence-corrected chi connectivity index (χ4v) is 7.27. The quantitative estimate of drug-likeness (QED) is 0.190. The van der Waals surface area contributed by atoms with Gasteiger partial charge in [-0.2, -0.15) is 0 Å². The van der Waals surface area contributed by atoms with E-state index in [1.807, 2.05) is 59.4 Å². The molecule has 11 nitrogen and oxygen atoms in total. The minimum absolute atomic E-state index is 0.128. The summed E-state index contributed by atoms with van der Waals surface area (Å²) in [5.74, 6) is 2.84. The van der Waals surface area contributed by atoms with E-state index in [-0.39, 0.29) is 37.2 Å². The number of ether oxygens (including phenoxy) is 7. The van der Waals surface area contributed by atoms with Crippen LogP contribution in [0.4, 0.5) is 0 Å². The van der Waals surface area contributed by atoms with Crippen LogP contribution in [0.5, 0.6) is 34.5 Å². The molecule has 1 aliphatic carbocycles. The molecule has 1 fully saturated rings. The van der Waals surface area contributed by atoms with Crippen LogP contribution < -0.4 is 28.4 Å². The van der Waals surface area contributed by atoms with Crippen molar-refractivity contribution in [3.8, 4) is 34.5 Å². The largest absolute Gasteiger partial charge is 0.497 e. The second-order valence-corrected chi connectivity index (χ2v) is 11.7. The van der Waals surface area contributed by atoms with E-state index in [1.54, 1.807) is 40.2 Å². The molecule has 4 aromatic rings. The zero-order valence-electron chi connectivity index (χ0n) is 24.6. The number of cyclic esters (lactones) is 1. The van der Waals surface area contributed by atoms with Gasteiger partial charge in [0.1, 0.15) is 5.75 Å². The van der Waals surface area contributed by atoms with Gasteiger partial charge in [-0.3, -0.25) is 4.79 Å². The molecular weight excluding hydrogens is 586 g/mol. The highest BCUT2D eigenvalue weighted by Gasteiger charge is 2.53. The monoisotopic (exact) mass is 617 g/mol. The van der Waals surface area contributed by atoms with Crippen molar-refractivity contribution in [2.24, 2.45) is 11.8 Å². The lowest BCUT2D eigenvalue weighted by molar-refractivity contribution is -0.141. The molecule has 0 radical (unpaired) electrons. The first kappa shape index (κ1) is 28.2. The number of nitrogens with zero attached hydrogens (tertiary/aromatic N) is 3. The number of aromatic nitrogens is 3. The van der Waals surface area contributed by atoms with E-state index in [9.17, 15) is 4.79 Å². The maximum atomic E-state index is 13.5. The Kier molecular flexibility index (Phi) is 7.37. The van der Waals surface area contributed by atoms with Crippen molar-refractivity contribution in [1.82, 2.24) is 15.0 Å². The van der Waals surface area contributed by atoms with E-state index in [1.165, 1.54) is 0 Å². The summed E-state index contributed by atoms with van der Waals surface area (Å²) in [5, 5.41) is 9.07. The van der Waals surface area contributed by atoms with Crippen molar-refractivity contribution in [2.75, 3.05) is 41.8 Å². The molecule has 7 rings (SSSR count). The molecule has 0 N–H and O–H groups in total. The Morgan fingerprint density at radius 1 is 0.886 bits per heavy atom. The number of rotatable bonds is 9. The molecule has 3 heterocycles. The third kappa shape index (κ3) is 4.73. The third-order valence-corrected chi connectivity index (χ3v) is 9.53. The number of carbonyl (C=O) groups excluding carboxylic acids is 1. The molecule has 0 saturated carbocycles. The van der Waals surface area contributed by atoms with E-state index in [4.69, 9.17) is 33.2 Å². The predicted molar refractivity (Wildman–Crippen MR) is 159 cm³/mol. The zero-order valence-corrected chi connectivity index (χ0v) is 25.5. The standard InChI is InChI=1S/C32H31N3O8S/c1-37-19-5-7-20(8-6-19)44-15-18-13-35(34-33-18)30-22-12-25-24(42-16-43-25)11-21(22)28(29-23(30)14-41-32(29)36)17-9-26(38-2)31(40-4)27(10-17)39-3/h5-13,23,28-30H,14-16H2,1-4H3/t23-,28+,29-,30-/m0/s1. The molecule has 3 aliphatic rings. The van der Waals surface area contributed by atoms with Gasteiger partial charge in [0, 0.05) is 22.5 Å². The number of fused-ring (bicyclic) bond motifs is 3. The van der Waals surface area contributed by atoms with E-state index in [2.05, 4.69) is 10.3 Å². The van der Waals surface area contributed by atoms with Gasteiger partial charge in [-0.25, -0.2) is 4.68 Å². The van der Waals surface area contributed by atoms with Crippen molar-refractivity contribution in [3.63, 3.8) is 0 Å². The van der Waals surface area contributed by atoms with Gasteiger partial charge >= 0.3 is 5.97 Å². The summed E-state index contributed by atoms with van der Waals surface area (Å²) < 4.78 is 41.4. The molecule has 0 bridgehead atoms. The SMILES string of the molecule is COc1ccc(SCc2cn([C@H]3c4cc5c(cc4[C@@H](c4cc(OC)c(OC)c(OC)c4)[C@H]4C(=O)OC[C@@H]43)OCO5)nn2)cc1. The molecule has 44 heavy (non-hydrogen) atoms. The second kappa shape index (κ2) is 11.5. The molecule has 2 aliphatic heterocycles. The molecule has 12 heteroatoms. The first-order valence-electron chi connectivity index (χ1n) is 14.1. The average molecular weight is 618 g/mol. The maximum Gasteiger partial charge on any atom is 0.310 e. The Morgan fingerprint density at radius 2 is 1.59 bits per heavy atom. The molecule has 1 aromatic heterocycles. The molecule has 3 aromatic carbocycles. The fourth-order valence-electron chi connectivity index (χ4n) is 6.50. The number of methoxy groups -OCH3 is 4. The summed E-state index contributed by atoms with van der Waals surface area (Å²) in [5.41, 5.74) is 3.54. The van der Waals surface area contributed by atoms with Crippen molar-refractivity contribution < 1.29 is 38.0 Å². The van der Waals surface area contributed by atoms with Gasteiger partial charge in [0.25, 0.3) is 0 Å². The lowest BCUT2D eigenvalue weighted by Crippen LogP contribution is -2.37. The predicted octanol–water partition coefficient (Wildman–Crippen LogP) is 4.86. The van der Waals surface area contributed by atoms with Crippen LogP contribution in [0.3, 0.4) is 0 Å². The lowest BCUT2D eigenvalue weighted by Gasteiger charge is -2.39. The van der Waals surface area contributed by atoms with Crippen LogP contribution in [0.2, 0.25) is 0 Å². The maximum absolute atomic E-state index is 13.5. The first-order valence-corrected chi connectivity index (χ1v) is 15.1. The van der Waals surface area contributed by atoms with Gasteiger partial charge in [-0.05, 0) is 65.2 Å². The van der Waals surface area contributed by atoms with Crippen LogP contribution in [0.15, 0.2) is 59.6 Å². The number of thioether (sulfide) groups is 1. The minimum atomic E-state index is -0.503. The van der Waals surface area contributed by atoms with Crippen LogP contribution >= 0.6 is 11.8 Å². The number of carbonyl (C=O) groups is 1. The summed E-state index contributed by atoms with van der Waals surface area (Å²) in [6, 6.07) is 15.3. The lowest BCUT2D eigenvalue weighted by atomic mass is 9.65. The van der Waals surface area contributed by atoms with E-state index < -0.39 is 5.92 Å².